The molecule has 6 nitrogen and oxygen atoms in total. The fourth-order valence-electron chi connectivity index (χ4n) is 4.31. The zero-order valence-corrected chi connectivity index (χ0v) is 20.9. The minimum atomic E-state index is 0.0820. The Kier molecular flexibility index (Phi) is 11.5. The molecule has 1 aromatic rings. The summed E-state index contributed by atoms with van der Waals surface area (Å²) < 4.78 is 1.58. The second kappa shape index (κ2) is 14.4. The largest absolute Gasteiger partial charge is 0.353 e. The minimum absolute atomic E-state index is 0.0820. The zero-order chi connectivity index (χ0) is 21.7. The van der Waals surface area contributed by atoms with Crippen LogP contribution in [0.15, 0.2) is 8.68 Å². The molecule has 174 valence electrons. The third-order valence-electron chi connectivity index (χ3n) is 5.98. The van der Waals surface area contributed by atoms with Crippen molar-refractivity contribution < 1.29 is 9.59 Å². The maximum atomic E-state index is 12.3. The summed E-state index contributed by atoms with van der Waals surface area (Å²) in [6, 6.07) is 0.649. The molecule has 2 N–H and O–H groups in total. The number of hydrogen-bond acceptors (Lipinski definition) is 7. The van der Waals surface area contributed by atoms with E-state index in [0.29, 0.717) is 23.6 Å². The summed E-state index contributed by atoms with van der Waals surface area (Å²) in [5.41, 5.74) is 0. The second-order valence-electron chi connectivity index (χ2n) is 8.63. The third-order valence-corrected chi connectivity index (χ3v) is 9.17. The minimum Gasteiger partial charge on any atom is -0.353 e. The third kappa shape index (κ3) is 10.1. The smallest absolute Gasteiger partial charge is 0.230 e. The van der Waals surface area contributed by atoms with Gasteiger partial charge in [-0.05, 0) is 25.7 Å². The van der Waals surface area contributed by atoms with Gasteiger partial charge in [0.1, 0.15) is 0 Å². The van der Waals surface area contributed by atoms with E-state index in [4.69, 9.17) is 0 Å². The van der Waals surface area contributed by atoms with Gasteiger partial charge >= 0.3 is 0 Å². The molecule has 0 aliphatic heterocycles. The van der Waals surface area contributed by atoms with Gasteiger partial charge in [-0.3, -0.25) is 9.59 Å². The Balaban J connectivity index is 1.32. The SMILES string of the molecule is O=C(CSc1nnc(SCC(=O)NC2CCCCCCC2)s1)NC1CCCCCCC1. The average Bonchev–Trinajstić information content (AvgIpc) is 3.17. The van der Waals surface area contributed by atoms with Crippen molar-refractivity contribution >= 4 is 46.7 Å². The summed E-state index contributed by atoms with van der Waals surface area (Å²) in [5.74, 6) is 0.910. The van der Waals surface area contributed by atoms with E-state index in [0.717, 1.165) is 34.4 Å². The van der Waals surface area contributed by atoms with Crippen LogP contribution < -0.4 is 10.6 Å². The van der Waals surface area contributed by atoms with Crippen LogP contribution in [0.4, 0.5) is 0 Å². The number of thioether (sulfide) groups is 2. The van der Waals surface area contributed by atoms with Crippen molar-refractivity contribution in [2.75, 3.05) is 11.5 Å². The fraction of sp³-hybridized carbons (Fsp3) is 0.818. The van der Waals surface area contributed by atoms with Gasteiger partial charge in [0.25, 0.3) is 0 Å². The van der Waals surface area contributed by atoms with E-state index in [9.17, 15) is 9.59 Å². The Morgan fingerprint density at radius 1 is 0.677 bits per heavy atom. The predicted molar refractivity (Wildman–Crippen MR) is 130 cm³/mol. The van der Waals surface area contributed by atoms with Gasteiger partial charge < -0.3 is 10.6 Å². The first-order valence-corrected chi connectivity index (χ1v) is 14.7. The summed E-state index contributed by atoms with van der Waals surface area (Å²) in [6.45, 7) is 0. The van der Waals surface area contributed by atoms with Crippen LogP contribution in [-0.2, 0) is 9.59 Å². The molecule has 2 fully saturated rings. The standard InChI is InChI=1S/C22H36N4O2S3/c27-19(23-17-11-7-3-1-4-8-12-17)15-29-21-25-26-22(31-21)30-16-20(28)24-18-13-9-5-2-6-10-14-18/h17-18H,1-16H2,(H,23,27)(H,24,28). The first-order chi connectivity index (χ1) is 15.2. The highest BCUT2D eigenvalue weighted by Gasteiger charge is 2.17. The van der Waals surface area contributed by atoms with Crippen molar-refractivity contribution in [3.05, 3.63) is 0 Å². The quantitative estimate of drug-likeness (QED) is 0.495. The normalized spacial score (nSPS) is 19.6. The van der Waals surface area contributed by atoms with Crippen LogP contribution in [0, 0.1) is 0 Å². The zero-order valence-electron chi connectivity index (χ0n) is 18.4. The molecule has 2 aliphatic rings. The molecule has 0 unspecified atom stereocenters. The molecule has 0 aromatic carbocycles. The number of nitrogens with zero attached hydrogens (tertiary/aromatic N) is 2. The van der Waals surface area contributed by atoms with Crippen LogP contribution in [0.1, 0.15) is 89.9 Å². The Labute approximate surface area is 198 Å². The lowest BCUT2D eigenvalue weighted by molar-refractivity contribution is -0.120. The molecule has 0 bridgehead atoms. The highest BCUT2D eigenvalue weighted by molar-refractivity contribution is 8.03. The van der Waals surface area contributed by atoms with E-state index in [1.165, 1.54) is 99.1 Å². The van der Waals surface area contributed by atoms with Crippen molar-refractivity contribution in [2.24, 2.45) is 0 Å². The van der Waals surface area contributed by atoms with E-state index < -0.39 is 0 Å². The fourth-order valence-corrected chi connectivity index (χ4v) is 6.95. The van der Waals surface area contributed by atoms with Crippen molar-refractivity contribution in [3.8, 4) is 0 Å². The molecule has 2 saturated carbocycles. The Bertz CT molecular complexity index is 615. The first kappa shape index (κ1) is 24.8. The summed E-state index contributed by atoms with van der Waals surface area (Å²) in [4.78, 5) is 24.6. The van der Waals surface area contributed by atoms with Gasteiger partial charge in [0.2, 0.25) is 11.8 Å². The topological polar surface area (TPSA) is 84.0 Å². The Hall–Kier alpha value is -0.800. The van der Waals surface area contributed by atoms with Crippen molar-refractivity contribution in [2.45, 2.75) is 111 Å². The van der Waals surface area contributed by atoms with Gasteiger partial charge in [-0.25, -0.2) is 0 Å². The van der Waals surface area contributed by atoms with Crippen LogP contribution in [0.3, 0.4) is 0 Å². The lowest BCUT2D eigenvalue weighted by atomic mass is 9.97. The van der Waals surface area contributed by atoms with E-state index in [-0.39, 0.29) is 11.8 Å². The van der Waals surface area contributed by atoms with E-state index >= 15 is 0 Å². The van der Waals surface area contributed by atoms with Crippen molar-refractivity contribution in [3.63, 3.8) is 0 Å². The second-order valence-corrected chi connectivity index (χ2v) is 12.1. The van der Waals surface area contributed by atoms with Crippen LogP contribution in [-0.4, -0.2) is 45.6 Å². The number of nitrogens with one attached hydrogen (secondary N) is 2. The molecule has 1 heterocycles. The molecule has 0 atom stereocenters. The van der Waals surface area contributed by atoms with Gasteiger partial charge in [-0.1, -0.05) is 99.1 Å². The highest BCUT2D eigenvalue weighted by Crippen LogP contribution is 2.29. The van der Waals surface area contributed by atoms with Crippen LogP contribution in [0.2, 0.25) is 0 Å². The molecule has 2 amide bonds. The van der Waals surface area contributed by atoms with Crippen LogP contribution >= 0.6 is 34.9 Å². The molecular formula is C22H36N4O2S3. The van der Waals surface area contributed by atoms with Gasteiger partial charge in [-0.2, -0.15) is 0 Å². The molecule has 0 radical (unpaired) electrons. The number of hydrogen-bond donors (Lipinski definition) is 2. The van der Waals surface area contributed by atoms with Crippen LogP contribution in [0.25, 0.3) is 0 Å². The summed E-state index contributed by atoms with van der Waals surface area (Å²) in [6.07, 6.45) is 17.0. The molecule has 0 saturated heterocycles. The molecule has 0 spiro atoms. The molecule has 3 rings (SSSR count). The summed E-state index contributed by atoms with van der Waals surface area (Å²) in [5, 5.41) is 14.7. The monoisotopic (exact) mass is 484 g/mol. The number of aromatic nitrogens is 2. The Morgan fingerprint density at radius 3 is 1.42 bits per heavy atom. The van der Waals surface area contributed by atoms with Crippen LogP contribution in [0.5, 0.6) is 0 Å². The lowest BCUT2D eigenvalue weighted by Gasteiger charge is -2.20. The molecule has 31 heavy (non-hydrogen) atoms. The number of rotatable bonds is 8. The number of amides is 2. The van der Waals surface area contributed by atoms with E-state index in [1.54, 1.807) is 0 Å². The highest BCUT2D eigenvalue weighted by atomic mass is 32.2. The molecule has 9 heteroatoms. The van der Waals surface area contributed by atoms with E-state index in [1.807, 2.05) is 0 Å². The maximum absolute atomic E-state index is 12.3. The number of carbonyl (C=O) groups is 2. The van der Waals surface area contributed by atoms with Gasteiger partial charge in [0.15, 0.2) is 8.68 Å². The summed E-state index contributed by atoms with van der Waals surface area (Å²) >= 11 is 4.33. The first-order valence-electron chi connectivity index (χ1n) is 11.9. The van der Waals surface area contributed by atoms with Gasteiger partial charge in [0, 0.05) is 12.1 Å². The molecule has 1 aromatic heterocycles. The predicted octanol–water partition coefficient (Wildman–Crippen LogP) is 5.18. The van der Waals surface area contributed by atoms with Crippen molar-refractivity contribution in [1.29, 1.82) is 0 Å². The lowest BCUT2D eigenvalue weighted by Crippen LogP contribution is -2.36. The average molecular weight is 485 g/mol. The van der Waals surface area contributed by atoms with Crippen molar-refractivity contribution in [1.82, 2.24) is 20.8 Å². The Morgan fingerprint density at radius 2 is 1.03 bits per heavy atom. The molecule has 2 aliphatic carbocycles. The number of carbonyl (C=O) groups excluding carboxylic acids is 2. The van der Waals surface area contributed by atoms with E-state index in [2.05, 4.69) is 20.8 Å². The molecular weight excluding hydrogens is 448 g/mol. The summed E-state index contributed by atoms with van der Waals surface area (Å²) in [7, 11) is 0. The van der Waals surface area contributed by atoms with Gasteiger partial charge in [0.05, 0.1) is 11.5 Å². The maximum Gasteiger partial charge on any atom is 0.230 e. The van der Waals surface area contributed by atoms with Gasteiger partial charge in [-0.15, -0.1) is 10.2 Å².